The van der Waals surface area contributed by atoms with Crippen LogP contribution in [0.1, 0.15) is 5.69 Å². The van der Waals surface area contributed by atoms with Crippen molar-refractivity contribution < 1.29 is 4.79 Å². The predicted octanol–water partition coefficient (Wildman–Crippen LogP) is 3.70. The SMILES string of the molecule is Cc1cc(NC(=O)CSc2n[nH]c(-c3ccccc3)n2)n(-c2ccccc2)n1. The van der Waals surface area contributed by atoms with Gasteiger partial charge in [0.25, 0.3) is 0 Å². The normalized spacial score (nSPS) is 10.8. The molecular weight excluding hydrogens is 372 g/mol. The Kier molecular flexibility index (Phi) is 5.20. The molecule has 0 bridgehead atoms. The Hall–Kier alpha value is -3.39. The molecule has 0 saturated heterocycles. The van der Waals surface area contributed by atoms with E-state index in [-0.39, 0.29) is 11.7 Å². The summed E-state index contributed by atoms with van der Waals surface area (Å²) in [5, 5.41) is 15.0. The number of nitrogens with zero attached hydrogens (tertiary/aromatic N) is 4. The van der Waals surface area contributed by atoms with Gasteiger partial charge in [-0.1, -0.05) is 60.3 Å². The second-order valence-corrected chi connectivity index (χ2v) is 7.03. The van der Waals surface area contributed by atoms with Crippen molar-refractivity contribution >= 4 is 23.5 Å². The minimum atomic E-state index is -0.145. The third kappa shape index (κ3) is 4.12. The van der Waals surface area contributed by atoms with Crippen molar-refractivity contribution in [2.45, 2.75) is 12.1 Å². The average molecular weight is 390 g/mol. The van der Waals surface area contributed by atoms with Crippen LogP contribution in [0.5, 0.6) is 0 Å². The highest BCUT2D eigenvalue weighted by Crippen LogP contribution is 2.20. The van der Waals surface area contributed by atoms with Gasteiger partial charge in [-0.25, -0.2) is 9.67 Å². The Morgan fingerprint density at radius 2 is 1.82 bits per heavy atom. The number of nitrogens with one attached hydrogen (secondary N) is 2. The summed E-state index contributed by atoms with van der Waals surface area (Å²) in [5.41, 5.74) is 2.67. The van der Waals surface area contributed by atoms with Gasteiger partial charge in [0.1, 0.15) is 5.82 Å². The fourth-order valence-electron chi connectivity index (χ4n) is 2.70. The van der Waals surface area contributed by atoms with Crippen molar-refractivity contribution in [3.63, 3.8) is 0 Å². The van der Waals surface area contributed by atoms with Crippen LogP contribution in [0.3, 0.4) is 0 Å². The molecule has 0 spiro atoms. The molecule has 0 saturated carbocycles. The molecule has 1 amide bonds. The molecule has 7 nitrogen and oxygen atoms in total. The van der Waals surface area contributed by atoms with Crippen molar-refractivity contribution in [3.05, 3.63) is 72.4 Å². The molecule has 8 heteroatoms. The van der Waals surface area contributed by atoms with E-state index in [4.69, 9.17) is 0 Å². The highest BCUT2D eigenvalue weighted by atomic mass is 32.2. The minimum Gasteiger partial charge on any atom is -0.310 e. The van der Waals surface area contributed by atoms with Gasteiger partial charge in [-0.2, -0.15) is 5.10 Å². The number of aromatic amines is 1. The first-order valence-electron chi connectivity index (χ1n) is 8.71. The fourth-order valence-corrected chi connectivity index (χ4v) is 3.30. The van der Waals surface area contributed by atoms with E-state index < -0.39 is 0 Å². The highest BCUT2D eigenvalue weighted by Gasteiger charge is 2.13. The monoisotopic (exact) mass is 390 g/mol. The van der Waals surface area contributed by atoms with Crippen LogP contribution in [-0.4, -0.2) is 36.6 Å². The molecule has 0 fully saturated rings. The van der Waals surface area contributed by atoms with Crippen molar-refractivity contribution in [3.8, 4) is 17.1 Å². The predicted molar refractivity (Wildman–Crippen MR) is 109 cm³/mol. The van der Waals surface area contributed by atoms with E-state index in [0.717, 1.165) is 16.9 Å². The Bertz CT molecular complexity index is 1070. The Balaban J connectivity index is 1.40. The number of rotatable bonds is 6. The first-order valence-corrected chi connectivity index (χ1v) is 9.70. The molecule has 2 N–H and O–H groups in total. The van der Waals surface area contributed by atoms with Crippen LogP contribution in [0.2, 0.25) is 0 Å². The zero-order chi connectivity index (χ0) is 19.3. The van der Waals surface area contributed by atoms with Gasteiger partial charge in [0, 0.05) is 11.6 Å². The van der Waals surface area contributed by atoms with Crippen molar-refractivity contribution in [2.24, 2.45) is 0 Å². The molecule has 2 heterocycles. The molecule has 0 atom stereocenters. The van der Waals surface area contributed by atoms with Crippen LogP contribution < -0.4 is 5.32 Å². The molecule has 0 radical (unpaired) electrons. The average Bonchev–Trinajstić information content (AvgIpc) is 3.34. The van der Waals surface area contributed by atoms with Gasteiger partial charge in [0.2, 0.25) is 11.1 Å². The van der Waals surface area contributed by atoms with Crippen molar-refractivity contribution in [1.29, 1.82) is 0 Å². The Morgan fingerprint density at radius 1 is 1.11 bits per heavy atom. The number of aromatic nitrogens is 5. The number of carbonyl (C=O) groups excluding carboxylic acids is 1. The maximum atomic E-state index is 12.4. The number of amides is 1. The minimum absolute atomic E-state index is 0.145. The van der Waals surface area contributed by atoms with Gasteiger partial charge < -0.3 is 5.32 Å². The van der Waals surface area contributed by atoms with E-state index in [2.05, 4.69) is 25.6 Å². The van der Waals surface area contributed by atoms with E-state index in [1.165, 1.54) is 11.8 Å². The number of hydrogen-bond acceptors (Lipinski definition) is 5. The highest BCUT2D eigenvalue weighted by molar-refractivity contribution is 7.99. The molecule has 0 aliphatic carbocycles. The number of benzene rings is 2. The molecule has 140 valence electrons. The van der Waals surface area contributed by atoms with Gasteiger partial charge in [0.15, 0.2) is 5.82 Å². The van der Waals surface area contributed by atoms with Crippen LogP contribution >= 0.6 is 11.8 Å². The Morgan fingerprint density at radius 3 is 2.57 bits per heavy atom. The zero-order valence-electron chi connectivity index (χ0n) is 15.2. The van der Waals surface area contributed by atoms with Gasteiger partial charge in [-0.05, 0) is 19.1 Å². The molecule has 0 aliphatic heterocycles. The third-order valence-electron chi connectivity index (χ3n) is 3.94. The number of H-pyrrole nitrogens is 1. The quantitative estimate of drug-likeness (QED) is 0.490. The molecule has 28 heavy (non-hydrogen) atoms. The molecule has 4 rings (SSSR count). The number of hydrogen-bond donors (Lipinski definition) is 2. The lowest BCUT2D eigenvalue weighted by Crippen LogP contribution is -2.17. The van der Waals surface area contributed by atoms with Crippen LogP contribution in [0, 0.1) is 6.92 Å². The summed E-state index contributed by atoms with van der Waals surface area (Å²) in [6, 6.07) is 21.3. The summed E-state index contributed by atoms with van der Waals surface area (Å²) in [7, 11) is 0. The van der Waals surface area contributed by atoms with E-state index in [0.29, 0.717) is 16.8 Å². The summed E-state index contributed by atoms with van der Waals surface area (Å²) in [6.45, 7) is 1.89. The van der Waals surface area contributed by atoms with Crippen LogP contribution in [-0.2, 0) is 4.79 Å². The van der Waals surface area contributed by atoms with Crippen LogP contribution in [0.25, 0.3) is 17.1 Å². The second-order valence-electron chi connectivity index (χ2n) is 6.09. The van der Waals surface area contributed by atoms with Gasteiger partial charge in [0.05, 0.1) is 17.1 Å². The smallest absolute Gasteiger partial charge is 0.236 e. The molecular formula is C20H18N6OS. The van der Waals surface area contributed by atoms with Gasteiger partial charge in [-0.3, -0.25) is 9.89 Å². The standard InChI is InChI=1S/C20H18N6OS/c1-14-12-17(26(25-14)16-10-6-3-7-11-16)21-18(27)13-28-20-22-19(23-24-20)15-8-4-2-5-9-15/h2-12H,13H2,1H3,(H,21,27)(H,22,23,24). The summed E-state index contributed by atoms with van der Waals surface area (Å²) in [4.78, 5) is 16.8. The van der Waals surface area contributed by atoms with Gasteiger partial charge >= 0.3 is 0 Å². The fraction of sp³-hybridized carbons (Fsp3) is 0.100. The lowest BCUT2D eigenvalue weighted by Gasteiger charge is -2.08. The molecule has 4 aromatic rings. The number of para-hydroxylation sites is 1. The van der Waals surface area contributed by atoms with E-state index in [1.54, 1.807) is 4.68 Å². The van der Waals surface area contributed by atoms with Crippen molar-refractivity contribution in [2.75, 3.05) is 11.1 Å². The number of carbonyl (C=O) groups is 1. The van der Waals surface area contributed by atoms with Crippen molar-refractivity contribution in [1.82, 2.24) is 25.0 Å². The summed E-state index contributed by atoms with van der Waals surface area (Å²) in [5.74, 6) is 1.37. The number of aryl methyl sites for hydroxylation is 1. The third-order valence-corrected chi connectivity index (χ3v) is 4.79. The zero-order valence-corrected chi connectivity index (χ0v) is 16.0. The van der Waals surface area contributed by atoms with Crippen LogP contribution in [0.4, 0.5) is 5.82 Å². The molecule has 2 aromatic heterocycles. The largest absolute Gasteiger partial charge is 0.310 e. The van der Waals surface area contributed by atoms with Crippen LogP contribution in [0.15, 0.2) is 71.9 Å². The maximum Gasteiger partial charge on any atom is 0.236 e. The second kappa shape index (κ2) is 8.10. The summed E-state index contributed by atoms with van der Waals surface area (Å²) < 4.78 is 1.72. The summed E-state index contributed by atoms with van der Waals surface area (Å²) in [6.07, 6.45) is 0. The van der Waals surface area contributed by atoms with E-state index in [1.807, 2.05) is 73.7 Å². The molecule has 0 aliphatic rings. The number of thioether (sulfide) groups is 1. The Labute approximate surface area is 166 Å². The number of anilines is 1. The maximum absolute atomic E-state index is 12.4. The first-order chi connectivity index (χ1) is 13.7. The first kappa shape index (κ1) is 18.0. The topological polar surface area (TPSA) is 88.5 Å². The van der Waals surface area contributed by atoms with E-state index >= 15 is 0 Å². The molecule has 0 unspecified atom stereocenters. The molecule has 2 aromatic carbocycles. The lowest BCUT2D eigenvalue weighted by molar-refractivity contribution is -0.113. The lowest BCUT2D eigenvalue weighted by atomic mass is 10.2. The summed E-state index contributed by atoms with van der Waals surface area (Å²) >= 11 is 1.28. The van der Waals surface area contributed by atoms with Gasteiger partial charge in [-0.15, -0.1) is 5.10 Å². The van der Waals surface area contributed by atoms with E-state index in [9.17, 15) is 4.79 Å².